The molecule has 0 spiro atoms. The van der Waals surface area contributed by atoms with Crippen LogP contribution in [0.15, 0.2) is 0 Å². The second-order valence-electron chi connectivity index (χ2n) is 15.1. The van der Waals surface area contributed by atoms with Crippen LogP contribution in [0.4, 0.5) is 0 Å². The Bertz CT molecular complexity index is 453. The normalized spacial score (nSPS) is 12.3. The number of unbranched alkanes of at least 4 members (excludes halogenated alkanes) is 35. The molecule has 0 aromatic carbocycles. The molecule has 0 saturated heterocycles. The van der Waals surface area contributed by atoms with Gasteiger partial charge in [-0.1, -0.05) is 271 Å². The van der Waals surface area contributed by atoms with Gasteiger partial charge in [-0.25, -0.2) is 0 Å². The molecule has 0 heterocycles. The maximum Gasteiger partial charge on any atom is -0.0443 e. The molecule has 0 saturated carbocycles. The highest BCUT2D eigenvalue weighted by molar-refractivity contribution is 4.57. The number of rotatable bonds is 39. The van der Waals surface area contributed by atoms with Gasteiger partial charge >= 0.3 is 0 Å². The average molecular weight is 605 g/mol. The van der Waals surface area contributed by atoms with Gasteiger partial charge in [0.15, 0.2) is 0 Å². The highest BCUT2D eigenvalue weighted by atomic mass is 14.1. The number of hydrogen-bond acceptors (Lipinski definition) is 0. The van der Waals surface area contributed by atoms with Crippen molar-refractivity contribution in [3.8, 4) is 0 Å². The third kappa shape index (κ3) is 40.0. The fourth-order valence-corrected chi connectivity index (χ4v) is 7.11. The largest absolute Gasteiger partial charge is 0.0654 e. The molecule has 0 N–H and O–H groups in total. The van der Waals surface area contributed by atoms with Crippen molar-refractivity contribution in [1.82, 2.24) is 0 Å². The zero-order valence-corrected chi connectivity index (χ0v) is 31.2. The Balaban J connectivity index is 3.11. The predicted octanol–water partition coefficient (Wildman–Crippen LogP) is 16.9. The first-order valence-electron chi connectivity index (χ1n) is 21.3. The summed E-state index contributed by atoms with van der Waals surface area (Å²) in [6.45, 7) is 7.13. The van der Waals surface area contributed by atoms with Crippen molar-refractivity contribution < 1.29 is 0 Å². The van der Waals surface area contributed by atoms with Crippen LogP contribution in [-0.2, 0) is 0 Å². The maximum atomic E-state index is 2.51. The molecule has 0 nitrogen and oxygen atoms in total. The first-order chi connectivity index (χ1) is 21.3. The van der Waals surface area contributed by atoms with Gasteiger partial charge < -0.3 is 0 Å². The van der Waals surface area contributed by atoms with Gasteiger partial charge in [0.2, 0.25) is 0 Å². The van der Waals surface area contributed by atoms with E-state index in [-0.39, 0.29) is 0 Å². The summed E-state index contributed by atoms with van der Waals surface area (Å²) in [6.07, 6.45) is 57.7. The molecule has 0 amide bonds. The van der Waals surface area contributed by atoms with Crippen LogP contribution in [0.5, 0.6) is 0 Å². The van der Waals surface area contributed by atoms with Crippen LogP contribution in [0.2, 0.25) is 0 Å². The monoisotopic (exact) mass is 605 g/mol. The summed E-state index contributed by atoms with van der Waals surface area (Å²) in [5, 5.41) is 0. The average Bonchev–Trinajstić information content (AvgIpc) is 3.01. The molecule has 0 bridgehead atoms. The van der Waals surface area contributed by atoms with Crippen LogP contribution in [0.25, 0.3) is 0 Å². The van der Waals surface area contributed by atoms with Crippen LogP contribution >= 0.6 is 0 Å². The van der Waals surface area contributed by atoms with Gasteiger partial charge in [0.25, 0.3) is 0 Å². The topological polar surface area (TPSA) is 0 Å². The minimum absolute atomic E-state index is 0.966. The summed E-state index contributed by atoms with van der Waals surface area (Å²) in [5.74, 6) is 0.966. The summed E-state index contributed by atoms with van der Waals surface area (Å²) in [4.78, 5) is 0. The molecule has 0 aromatic rings. The van der Waals surface area contributed by atoms with Gasteiger partial charge in [-0.2, -0.15) is 0 Å². The molecule has 0 aromatic heterocycles. The van der Waals surface area contributed by atoms with Crippen molar-refractivity contribution >= 4 is 0 Å². The molecule has 1 atom stereocenters. The van der Waals surface area contributed by atoms with Gasteiger partial charge in [0.05, 0.1) is 0 Å². The zero-order valence-electron chi connectivity index (χ0n) is 31.2. The van der Waals surface area contributed by atoms with Gasteiger partial charge in [-0.3, -0.25) is 0 Å². The zero-order chi connectivity index (χ0) is 31.2. The quantitative estimate of drug-likeness (QED) is 0.0612. The lowest BCUT2D eigenvalue weighted by Crippen LogP contribution is -1.95. The predicted molar refractivity (Wildman–Crippen MR) is 201 cm³/mol. The van der Waals surface area contributed by atoms with E-state index >= 15 is 0 Å². The maximum absolute atomic E-state index is 2.51. The van der Waals surface area contributed by atoms with E-state index in [1.165, 1.54) is 250 Å². The molecule has 0 radical (unpaired) electrons. The Morgan fingerprint density at radius 2 is 0.349 bits per heavy atom. The molecule has 0 fully saturated rings. The molecule has 0 aliphatic rings. The molecule has 0 aliphatic heterocycles. The van der Waals surface area contributed by atoms with Crippen LogP contribution in [0, 0.1) is 5.92 Å². The third-order valence-electron chi connectivity index (χ3n) is 10.4. The van der Waals surface area contributed by atoms with E-state index in [1.54, 1.807) is 0 Å². The van der Waals surface area contributed by atoms with Crippen molar-refractivity contribution in [3.05, 3.63) is 0 Å². The first-order valence-corrected chi connectivity index (χ1v) is 21.3. The van der Waals surface area contributed by atoms with Crippen molar-refractivity contribution in [2.24, 2.45) is 5.92 Å². The molecule has 0 heteroatoms. The summed E-state index contributed by atoms with van der Waals surface area (Å²) in [5.41, 5.74) is 0. The lowest BCUT2D eigenvalue weighted by Gasteiger charge is -2.11. The molecular formula is C43H88. The lowest BCUT2D eigenvalue weighted by atomic mass is 9.95. The highest BCUT2D eigenvalue weighted by Crippen LogP contribution is 2.20. The molecule has 0 aliphatic carbocycles. The molecule has 1 unspecified atom stereocenters. The van der Waals surface area contributed by atoms with Crippen LogP contribution in [-0.4, -0.2) is 0 Å². The molecule has 0 rings (SSSR count). The fraction of sp³-hybridized carbons (Fsp3) is 1.00. The third-order valence-corrected chi connectivity index (χ3v) is 10.4. The van der Waals surface area contributed by atoms with Crippen molar-refractivity contribution in [2.75, 3.05) is 0 Å². The Hall–Kier alpha value is 0. The summed E-state index contributed by atoms with van der Waals surface area (Å²) < 4.78 is 0. The lowest BCUT2D eigenvalue weighted by molar-refractivity contribution is 0.429. The molecule has 260 valence electrons. The van der Waals surface area contributed by atoms with Crippen LogP contribution in [0.1, 0.15) is 271 Å². The van der Waals surface area contributed by atoms with Gasteiger partial charge in [0, 0.05) is 0 Å². The van der Waals surface area contributed by atoms with E-state index in [9.17, 15) is 0 Å². The highest BCUT2D eigenvalue weighted by Gasteiger charge is 2.03. The van der Waals surface area contributed by atoms with Crippen LogP contribution < -0.4 is 0 Å². The van der Waals surface area contributed by atoms with Crippen molar-refractivity contribution in [3.63, 3.8) is 0 Å². The van der Waals surface area contributed by atoms with Gasteiger partial charge in [0.1, 0.15) is 0 Å². The fourth-order valence-electron chi connectivity index (χ4n) is 7.11. The van der Waals surface area contributed by atoms with Gasteiger partial charge in [-0.05, 0) is 5.92 Å². The standard InChI is InChI=1S/C43H88/c1-4-6-8-10-12-14-16-17-18-19-20-21-22-23-24-25-26-27-28-29-30-32-34-36-38-40-42-43(3)41-39-37-35-33-31-15-13-11-9-7-5-2/h43H,4-42H2,1-3H3. The number of hydrogen-bond donors (Lipinski definition) is 0. The van der Waals surface area contributed by atoms with E-state index in [0.29, 0.717) is 0 Å². The Morgan fingerprint density at radius 3 is 0.512 bits per heavy atom. The molecule has 43 heavy (non-hydrogen) atoms. The van der Waals surface area contributed by atoms with E-state index < -0.39 is 0 Å². The van der Waals surface area contributed by atoms with E-state index in [1.807, 2.05) is 0 Å². The van der Waals surface area contributed by atoms with Crippen LogP contribution in [0.3, 0.4) is 0 Å². The Kier molecular flexibility index (Phi) is 40.0. The second kappa shape index (κ2) is 40.0. The minimum Gasteiger partial charge on any atom is -0.0654 e. The van der Waals surface area contributed by atoms with Crippen molar-refractivity contribution in [2.45, 2.75) is 271 Å². The second-order valence-corrected chi connectivity index (χ2v) is 15.1. The van der Waals surface area contributed by atoms with E-state index in [4.69, 9.17) is 0 Å². The summed E-state index contributed by atoms with van der Waals surface area (Å²) in [7, 11) is 0. The first kappa shape index (κ1) is 43.0. The molecular weight excluding hydrogens is 516 g/mol. The Morgan fingerprint density at radius 1 is 0.209 bits per heavy atom. The van der Waals surface area contributed by atoms with Gasteiger partial charge in [-0.15, -0.1) is 0 Å². The summed E-state index contributed by atoms with van der Waals surface area (Å²) in [6, 6.07) is 0. The van der Waals surface area contributed by atoms with E-state index in [0.717, 1.165) is 5.92 Å². The van der Waals surface area contributed by atoms with Crippen molar-refractivity contribution in [1.29, 1.82) is 0 Å². The smallest absolute Gasteiger partial charge is 0.0443 e. The minimum atomic E-state index is 0.966. The summed E-state index contributed by atoms with van der Waals surface area (Å²) >= 11 is 0. The SMILES string of the molecule is CCCCCCCCCCCCCCCCCCCCCCCCCCCCC(C)CCCCCCCCCCCCC. The Labute approximate surface area is 276 Å². The van der Waals surface area contributed by atoms with E-state index in [2.05, 4.69) is 20.8 Å².